The summed E-state index contributed by atoms with van der Waals surface area (Å²) in [7, 11) is 0. The molecule has 1 amide bonds. The van der Waals surface area contributed by atoms with Gasteiger partial charge in [-0.15, -0.1) is 0 Å². The van der Waals surface area contributed by atoms with Crippen molar-refractivity contribution in [2.75, 3.05) is 31.6 Å². The molecular formula is C18H19ClN4O3S. The number of morpholine rings is 1. The van der Waals surface area contributed by atoms with Crippen LogP contribution in [0.25, 0.3) is 0 Å². The number of anilines is 1. The van der Waals surface area contributed by atoms with Crippen molar-refractivity contribution >= 4 is 40.5 Å². The average molecular weight is 407 g/mol. The van der Waals surface area contributed by atoms with Gasteiger partial charge in [-0.2, -0.15) is 0 Å². The van der Waals surface area contributed by atoms with E-state index in [9.17, 15) is 4.79 Å². The van der Waals surface area contributed by atoms with Crippen LogP contribution in [-0.4, -0.2) is 53.3 Å². The monoisotopic (exact) mass is 406 g/mol. The number of carbonyl (C=O) groups is 1. The second kappa shape index (κ2) is 8.98. The van der Waals surface area contributed by atoms with Crippen molar-refractivity contribution in [3.63, 3.8) is 0 Å². The topological polar surface area (TPSA) is 89.7 Å². The second-order valence-corrected chi connectivity index (χ2v) is 6.81. The number of pyridine rings is 1. The fourth-order valence-electron chi connectivity index (χ4n) is 2.65. The van der Waals surface area contributed by atoms with Gasteiger partial charge in [-0.1, -0.05) is 11.6 Å². The van der Waals surface area contributed by atoms with Crippen LogP contribution in [0.1, 0.15) is 10.4 Å². The lowest BCUT2D eigenvalue weighted by Crippen LogP contribution is -2.47. The number of ether oxygens (including phenoxy) is 2. The molecule has 1 aromatic carbocycles. The number of thiocarbonyl (C=S) groups is 1. The van der Waals surface area contributed by atoms with Gasteiger partial charge >= 0.3 is 0 Å². The number of hydrogen-bond donors (Lipinski definition) is 2. The van der Waals surface area contributed by atoms with E-state index >= 15 is 0 Å². The van der Waals surface area contributed by atoms with Gasteiger partial charge in [0.1, 0.15) is 12.7 Å². The van der Waals surface area contributed by atoms with Gasteiger partial charge in [0.25, 0.3) is 5.91 Å². The first-order valence-corrected chi connectivity index (χ1v) is 9.11. The number of aromatic nitrogens is 1. The molecule has 1 aliphatic heterocycles. The van der Waals surface area contributed by atoms with Gasteiger partial charge in [0.05, 0.1) is 18.2 Å². The molecule has 0 spiro atoms. The SMILES string of the molecule is NC(=S)Nc1ccc(C(=O)N2CCOC(COc3ccc(Cl)cn3)C2)cc1. The Morgan fingerprint density at radius 3 is 2.81 bits per heavy atom. The van der Waals surface area contributed by atoms with E-state index in [1.54, 1.807) is 41.3 Å². The number of nitrogens with zero attached hydrogens (tertiary/aromatic N) is 2. The zero-order valence-corrected chi connectivity index (χ0v) is 16.0. The van der Waals surface area contributed by atoms with Gasteiger partial charge < -0.3 is 25.4 Å². The normalized spacial score (nSPS) is 16.6. The van der Waals surface area contributed by atoms with Gasteiger partial charge in [0.2, 0.25) is 5.88 Å². The third-order valence-electron chi connectivity index (χ3n) is 3.94. The Balaban J connectivity index is 1.55. The molecule has 0 bridgehead atoms. The molecule has 1 fully saturated rings. The first-order valence-electron chi connectivity index (χ1n) is 8.33. The van der Waals surface area contributed by atoms with Crippen LogP contribution in [0, 0.1) is 0 Å². The number of rotatable bonds is 5. The summed E-state index contributed by atoms with van der Waals surface area (Å²) >= 11 is 10.6. The summed E-state index contributed by atoms with van der Waals surface area (Å²) in [6.07, 6.45) is 1.29. The number of nitrogens with one attached hydrogen (secondary N) is 1. The lowest BCUT2D eigenvalue weighted by atomic mass is 10.1. The minimum absolute atomic E-state index is 0.0604. The van der Waals surface area contributed by atoms with E-state index in [0.717, 1.165) is 5.69 Å². The van der Waals surface area contributed by atoms with Crippen molar-refractivity contribution in [1.29, 1.82) is 0 Å². The number of carbonyl (C=O) groups excluding carboxylic acids is 1. The van der Waals surface area contributed by atoms with Crippen LogP contribution < -0.4 is 15.8 Å². The smallest absolute Gasteiger partial charge is 0.254 e. The summed E-state index contributed by atoms with van der Waals surface area (Å²) in [4.78, 5) is 18.6. The third-order valence-corrected chi connectivity index (χ3v) is 4.27. The first kappa shape index (κ1) is 19.3. The maximum Gasteiger partial charge on any atom is 0.254 e. The molecule has 1 atom stereocenters. The minimum Gasteiger partial charge on any atom is -0.475 e. The van der Waals surface area contributed by atoms with Crippen LogP contribution >= 0.6 is 23.8 Å². The molecule has 3 N–H and O–H groups in total. The van der Waals surface area contributed by atoms with Crippen LogP contribution in [0.15, 0.2) is 42.6 Å². The Bertz CT molecular complexity index is 801. The number of amides is 1. The van der Waals surface area contributed by atoms with Crippen LogP contribution in [0.4, 0.5) is 5.69 Å². The lowest BCUT2D eigenvalue weighted by molar-refractivity contribution is -0.0407. The largest absolute Gasteiger partial charge is 0.475 e. The van der Waals surface area contributed by atoms with Crippen LogP contribution in [0.2, 0.25) is 5.02 Å². The Morgan fingerprint density at radius 2 is 2.15 bits per heavy atom. The van der Waals surface area contributed by atoms with Crippen LogP contribution in [0.5, 0.6) is 5.88 Å². The average Bonchev–Trinajstić information content (AvgIpc) is 2.67. The molecule has 1 aliphatic rings. The number of hydrogen-bond acceptors (Lipinski definition) is 5. The molecule has 2 heterocycles. The standard InChI is InChI=1S/C18H19ClN4O3S/c19-13-3-6-16(21-9-13)26-11-15-10-23(7-8-25-15)17(24)12-1-4-14(5-2-12)22-18(20)27/h1-6,9,15H,7-8,10-11H2,(H3,20,22,27). The van der Waals surface area contributed by atoms with Crippen molar-refractivity contribution in [3.8, 4) is 5.88 Å². The van der Waals surface area contributed by atoms with Gasteiger partial charge in [0.15, 0.2) is 5.11 Å². The number of benzene rings is 1. The highest BCUT2D eigenvalue weighted by Gasteiger charge is 2.25. The second-order valence-electron chi connectivity index (χ2n) is 5.94. The minimum atomic E-state index is -0.226. The summed E-state index contributed by atoms with van der Waals surface area (Å²) in [5.41, 5.74) is 6.77. The molecule has 1 saturated heterocycles. The van der Waals surface area contributed by atoms with Crippen molar-refractivity contribution in [2.45, 2.75) is 6.10 Å². The Kier molecular flexibility index (Phi) is 6.44. The predicted molar refractivity (Wildman–Crippen MR) is 107 cm³/mol. The Hall–Kier alpha value is -2.42. The molecule has 0 aliphatic carbocycles. The molecule has 27 heavy (non-hydrogen) atoms. The molecule has 3 rings (SSSR count). The molecule has 0 saturated carbocycles. The van der Waals surface area contributed by atoms with Gasteiger partial charge in [0, 0.05) is 30.1 Å². The fraction of sp³-hybridized carbons (Fsp3) is 0.278. The van der Waals surface area contributed by atoms with Gasteiger partial charge in [-0.3, -0.25) is 4.79 Å². The van der Waals surface area contributed by atoms with E-state index in [0.29, 0.717) is 42.8 Å². The number of nitrogens with two attached hydrogens (primary N) is 1. The quantitative estimate of drug-likeness (QED) is 0.736. The zero-order chi connectivity index (χ0) is 19.2. The van der Waals surface area contributed by atoms with Crippen molar-refractivity contribution in [2.24, 2.45) is 5.73 Å². The van der Waals surface area contributed by atoms with Crippen molar-refractivity contribution in [3.05, 3.63) is 53.2 Å². The first-order chi connectivity index (χ1) is 13.0. The summed E-state index contributed by atoms with van der Waals surface area (Å²) in [6.45, 7) is 1.73. The van der Waals surface area contributed by atoms with Crippen molar-refractivity contribution in [1.82, 2.24) is 9.88 Å². The van der Waals surface area contributed by atoms with E-state index < -0.39 is 0 Å². The van der Waals surface area contributed by atoms with Crippen molar-refractivity contribution < 1.29 is 14.3 Å². The summed E-state index contributed by atoms with van der Waals surface area (Å²) in [5.74, 6) is 0.405. The molecule has 9 heteroatoms. The van der Waals surface area contributed by atoms with E-state index in [4.69, 9.17) is 39.0 Å². The highest BCUT2D eigenvalue weighted by atomic mass is 35.5. The molecule has 0 radical (unpaired) electrons. The number of halogens is 1. The van der Waals surface area contributed by atoms with E-state index in [1.165, 1.54) is 6.20 Å². The molecule has 7 nitrogen and oxygen atoms in total. The molecule has 142 valence electrons. The molecule has 1 unspecified atom stereocenters. The zero-order valence-electron chi connectivity index (χ0n) is 14.4. The summed E-state index contributed by atoms with van der Waals surface area (Å²) in [5, 5.41) is 3.55. The molecule has 1 aromatic heterocycles. The Labute approximate surface area is 167 Å². The maximum atomic E-state index is 12.7. The molecular weight excluding hydrogens is 388 g/mol. The Morgan fingerprint density at radius 1 is 1.37 bits per heavy atom. The summed E-state index contributed by atoms with van der Waals surface area (Å²) in [6, 6.07) is 10.4. The highest BCUT2D eigenvalue weighted by Crippen LogP contribution is 2.16. The predicted octanol–water partition coefficient (Wildman–Crippen LogP) is 2.31. The maximum absolute atomic E-state index is 12.7. The van der Waals surface area contributed by atoms with E-state index in [2.05, 4.69) is 10.3 Å². The van der Waals surface area contributed by atoms with Crippen LogP contribution in [-0.2, 0) is 4.74 Å². The summed E-state index contributed by atoms with van der Waals surface area (Å²) < 4.78 is 11.3. The fourth-order valence-corrected chi connectivity index (χ4v) is 2.88. The molecule has 2 aromatic rings. The van der Waals surface area contributed by atoms with Gasteiger partial charge in [-0.05, 0) is 42.5 Å². The van der Waals surface area contributed by atoms with Crippen LogP contribution in [0.3, 0.4) is 0 Å². The lowest BCUT2D eigenvalue weighted by Gasteiger charge is -2.32. The van der Waals surface area contributed by atoms with Gasteiger partial charge in [-0.25, -0.2) is 4.98 Å². The third kappa shape index (κ3) is 5.53. The van der Waals surface area contributed by atoms with E-state index in [-0.39, 0.29) is 17.1 Å². The van der Waals surface area contributed by atoms with E-state index in [1.807, 2.05) is 0 Å². The highest BCUT2D eigenvalue weighted by molar-refractivity contribution is 7.80.